The van der Waals surface area contributed by atoms with E-state index in [0.717, 1.165) is 12.8 Å². The van der Waals surface area contributed by atoms with Gasteiger partial charge < -0.3 is 4.74 Å². The van der Waals surface area contributed by atoms with Gasteiger partial charge in [-0.25, -0.2) is 0 Å². The highest BCUT2D eigenvalue weighted by atomic mass is 16.5. The summed E-state index contributed by atoms with van der Waals surface area (Å²) in [6, 6.07) is 0. The number of terminal acetylenes is 1. The van der Waals surface area contributed by atoms with E-state index in [1.54, 1.807) is 0 Å². The molecule has 1 saturated heterocycles. The predicted molar refractivity (Wildman–Crippen MR) is 57.6 cm³/mol. The Hall–Kier alpha value is -0.480. The van der Waals surface area contributed by atoms with Crippen LogP contribution >= 0.6 is 0 Å². The molecular formula is C12H22O. The van der Waals surface area contributed by atoms with Crippen molar-refractivity contribution < 1.29 is 4.74 Å². The maximum Gasteiger partial charge on any atom is 0.126 e. The van der Waals surface area contributed by atoms with E-state index in [2.05, 4.69) is 19.8 Å². The van der Waals surface area contributed by atoms with E-state index >= 15 is 0 Å². The Morgan fingerprint density at radius 2 is 1.69 bits per heavy atom. The van der Waals surface area contributed by atoms with Crippen LogP contribution in [0.4, 0.5) is 0 Å². The molecule has 0 radical (unpaired) electrons. The monoisotopic (exact) mass is 182 g/mol. The lowest BCUT2D eigenvalue weighted by Gasteiger charge is -2.40. The fourth-order valence-electron chi connectivity index (χ4n) is 1.66. The quantitative estimate of drug-likeness (QED) is 0.522. The van der Waals surface area contributed by atoms with Crippen LogP contribution in [0.15, 0.2) is 0 Å². The Labute approximate surface area is 82.9 Å². The van der Waals surface area contributed by atoms with Crippen molar-refractivity contribution in [3.05, 3.63) is 0 Å². The molecule has 0 spiro atoms. The van der Waals surface area contributed by atoms with Crippen LogP contribution in [0.25, 0.3) is 0 Å². The third-order valence-corrected chi connectivity index (χ3v) is 2.24. The minimum atomic E-state index is -0.318. The second kappa shape index (κ2) is 4.67. The van der Waals surface area contributed by atoms with Gasteiger partial charge in [-0.05, 0) is 40.0 Å². The van der Waals surface area contributed by atoms with Gasteiger partial charge >= 0.3 is 0 Å². The summed E-state index contributed by atoms with van der Waals surface area (Å²) < 4.78 is 5.77. The van der Waals surface area contributed by atoms with Crippen LogP contribution in [-0.2, 0) is 4.74 Å². The van der Waals surface area contributed by atoms with E-state index in [1.165, 1.54) is 6.42 Å². The summed E-state index contributed by atoms with van der Waals surface area (Å²) in [5, 5.41) is 0. The molecule has 0 aromatic carbocycles. The van der Waals surface area contributed by atoms with Crippen molar-refractivity contribution in [2.24, 2.45) is 0 Å². The van der Waals surface area contributed by atoms with Crippen LogP contribution < -0.4 is 0 Å². The molecule has 1 atom stereocenters. The SMILES string of the molecule is C#CC1(C)CCCC(C)(C)O1.CC. The molecule has 1 rings (SSSR count). The minimum absolute atomic E-state index is 0.0284. The van der Waals surface area contributed by atoms with Crippen LogP contribution in [0, 0.1) is 12.3 Å². The molecule has 1 unspecified atom stereocenters. The summed E-state index contributed by atoms with van der Waals surface area (Å²) in [5.74, 6) is 2.71. The molecule has 1 fully saturated rings. The molecule has 1 aliphatic heterocycles. The first-order chi connectivity index (χ1) is 5.97. The van der Waals surface area contributed by atoms with Gasteiger partial charge in [-0.15, -0.1) is 6.42 Å². The van der Waals surface area contributed by atoms with Gasteiger partial charge in [0.25, 0.3) is 0 Å². The van der Waals surface area contributed by atoms with Crippen molar-refractivity contribution in [3.8, 4) is 12.3 Å². The van der Waals surface area contributed by atoms with E-state index in [9.17, 15) is 0 Å². The van der Waals surface area contributed by atoms with E-state index in [1.807, 2.05) is 20.8 Å². The number of rotatable bonds is 0. The molecule has 0 amide bonds. The Kier molecular flexibility index (Phi) is 4.50. The standard InChI is InChI=1S/C10H16O.C2H6/c1-5-10(4)8-6-7-9(2,3)11-10;1-2/h1H,6-8H2,2-4H3;1-2H3. The van der Waals surface area contributed by atoms with Crippen molar-refractivity contribution in [3.63, 3.8) is 0 Å². The molecule has 1 heteroatoms. The summed E-state index contributed by atoms with van der Waals surface area (Å²) in [6.45, 7) is 10.2. The largest absolute Gasteiger partial charge is 0.357 e. The van der Waals surface area contributed by atoms with Gasteiger partial charge in [-0.1, -0.05) is 19.8 Å². The van der Waals surface area contributed by atoms with E-state index in [-0.39, 0.29) is 11.2 Å². The zero-order valence-electron chi connectivity index (χ0n) is 9.61. The highest BCUT2D eigenvalue weighted by Crippen LogP contribution is 2.34. The Morgan fingerprint density at radius 3 is 2.00 bits per heavy atom. The molecule has 1 aliphatic rings. The zero-order chi connectivity index (χ0) is 10.5. The highest BCUT2D eigenvalue weighted by molar-refractivity contribution is 5.08. The van der Waals surface area contributed by atoms with Gasteiger partial charge in [0.2, 0.25) is 0 Å². The van der Waals surface area contributed by atoms with Crippen molar-refractivity contribution in [2.45, 2.75) is 65.1 Å². The highest BCUT2D eigenvalue weighted by Gasteiger charge is 2.35. The van der Waals surface area contributed by atoms with Crippen LogP contribution in [0.5, 0.6) is 0 Å². The molecule has 0 bridgehead atoms. The summed E-state index contributed by atoms with van der Waals surface area (Å²) >= 11 is 0. The molecule has 0 saturated carbocycles. The first kappa shape index (κ1) is 12.5. The Bertz CT molecular complexity index is 188. The smallest absolute Gasteiger partial charge is 0.126 e. The van der Waals surface area contributed by atoms with Gasteiger partial charge in [0.1, 0.15) is 5.60 Å². The van der Waals surface area contributed by atoms with Gasteiger partial charge in [0.15, 0.2) is 0 Å². The van der Waals surface area contributed by atoms with Crippen molar-refractivity contribution in [1.29, 1.82) is 0 Å². The third-order valence-electron chi connectivity index (χ3n) is 2.24. The van der Waals surface area contributed by atoms with Gasteiger partial charge in [0.05, 0.1) is 5.60 Å². The van der Waals surface area contributed by atoms with Crippen LogP contribution in [0.1, 0.15) is 53.9 Å². The van der Waals surface area contributed by atoms with Crippen molar-refractivity contribution in [2.75, 3.05) is 0 Å². The molecule has 1 heterocycles. The zero-order valence-corrected chi connectivity index (χ0v) is 9.61. The van der Waals surface area contributed by atoms with Gasteiger partial charge in [0, 0.05) is 0 Å². The molecule has 1 nitrogen and oxygen atoms in total. The summed E-state index contributed by atoms with van der Waals surface area (Å²) in [7, 11) is 0. The normalized spacial score (nSPS) is 31.1. The maximum absolute atomic E-state index is 5.77. The van der Waals surface area contributed by atoms with Crippen LogP contribution in [0.3, 0.4) is 0 Å². The molecule has 13 heavy (non-hydrogen) atoms. The molecule has 0 aliphatic carbocycles. The second-order valence-electron chi connectivity index (χ2n) is 4.09. The third kappa shape index (κ3) is 3.83. The Morgan fingerprint density at radius 1 is 1.15 bits per heavy atom. The van der Waals surface area contributed by atoms with E-state index in [0.29, 0.717) is 0 Å². The molecule has 0 aromatic rings. The average molecular weight is 182 g/mol. The second-order valence-corrected chi connectivity index (χ2v) is 4.09. The fourth-order valence-corrected chi connectivity index (χ4v) is 1.66. The van der Waals surface area contributed by atoms with Crippen LogP contribution in [-0.4, -0.2) is 11.2 Å². The molecule has 0 N–H and O–H groups in total. The predicted octanol–water partition coefficient (Wildman–Crippen LogP) is 3.38. The average Bonchev–Trinajstić information content (AvgIpc) is 2.06. The number of hydrogen-bond donors (Lipinski definition) is 0. The van der Waals surface area contributed by atoms with Crippen LogP contribution in [0.2, 0.25) is 0 Å². The fraction of sp³-hybridized carbons (Fsp3) is 0.833. The van der Waals surface area contributed by atoms with E-state index < -0.39 is 0 Å². The van der Waals surface area contributed by atoms with E-state index in [4.69, 9.17) is 11.2 Å². The minimum Gasteiger partial charge on any atom is -0.357 e. The lowest BCUT2D eigenvalue weighted by atomic mass is 9.88. The lowest BCUT2D eigenvalue weighted by Crippen LogP contribution is -2.42. The summed E-state index contributed by atoms with van der Waals surface area (Å²) in [4.78, 5) is 0. The molecule has 76 valence electrons. The van der Waals surface area contributed by atoms with Gasteiger partial charge in [-0.3, -0.25) is 0 Å². The number of ether oxygens (including phenoxy) is 1. The topological polar surface area (TPSA) is 9.23 Å². The Balaban J connectivity index is 0.000000671. The van der Waals surface area contributed by atoms with Crippen molar-refractivity contribution in [1.82, 2.24) is 0 Å². The van der Waals surface area contributed by atoms with Gasteiger partial charge in [-0.2, -0.15) is 0 Å². The first-order valence-corrected chi connectivity index (χ1v) is 5.15. The molecule has 0 aromatic heterocycles. The molecular weight excluding hydrogens is 160 g/mol. The van der Waals surface area contributed by atoms with Crippen molar-refractivity contribution >= 4 is 0 Å². The lowest BCUT2D eigenvalue weighted by molar-refractivity contribution is -0.134. The maximum atomic E-state index is 5.77. The summed E-state index contributed by atoms with van der Waals surface area (Å²) in [5.41, 5.74) is -0.346. The first-order valence-electron chi connectivity index (χ1n) is 5.15. The summed E-state index contributed by atoms with van der Waals surface area (Å²) in [6.07, 6.45) is 8.67. The number of hydrogen-bond acceptors (Lipinski definition) is 1.